The minimum Gasteiger partial charge on any atom is -0.497 e. The summed E-state index contributed by atoms with van der Waals surface area (Å²) < 4.78 is 11.5. The van der Waals surface area contributed by atoms with E-state index in [-0.39, 0.29) is 11.7 Å². The normalized spacial score (nSPS) is 14.3. The summed E-state index contributed by atoms with van der Waals surface area (Å²) in [6.07, 6.45) is 6.45. The molecule has 0 bridgehead atoms. The van der Waals surface area contributed by atoms with E-state index in [1.807, 2.05) is 0 Å². The highest BCUT2D eigenvalue weighted by molar-refractivity contribution is 8.00. The number of anilines is 2. The predicted molar refractivity (Wildman–Crippen MR) is 125 cm³/mol. The number of carbonyl (C=O) groups is 1. The number of thioether (sulfide) groups is 1. The van der Waals surface area contributed by atoms with E-state index in [0.29, 0.717) is 22.8 Å². The smallest absolute Gasteiger partial charge is 0.234 e. The van der Waals surface area contributed by atoms with Crippen molar-refractivity contribution in [1.29, 1.82) is 0 Å². The molecule has 4 rings (SSSR count). The number of nitrogens with zero attached hydrogens (tertiary/aromatic N) is 4. The van der Waals surface area contributed by atoms with Crippen molar-refractivity contribution in [1.82, 2.24) is 15.0 Å². The molecule has 1 amide bonds. The van der Waals surface area contributed by atoms with Crippen LogP contribution in [0.2, 0.25) is 0 Å². The number of thiazole rings is 1. The van der Waals surface area contributed by atoms with Crippen LogP contribution in [0, 0.1) is 0 Å². The average Bonchev–Trinajstić information content (AvgIpc) is 3.05. The van der Waals surface area contributed by atoms with Crippen LogP contribution < -0.4 is 19.7 Å². The first-order valence-corrected chi connectivity index (χ1v) is 12.0. The Bertz CT molecular complexity index is 1050. The molecule has 1 aliphatic rings. The molecule has 0 atom stereocenters. The summed E-state index contributed by atoms with van der Waals surface area (Å²) in [5.74, 6) is 1.29. The Morgan fingerprint density at radius 3 is 2.71 bits per heavy atom. The number of rotatable bonds is 7. The number of aromatic nitrogens is 3. The summed E-state index contributed by atoms with van der Waals surface area (Å²) in [6, 6.07) is 5.28. The van der Waals surface area contributed by atoms with Crippen LogP contribution in [0.1, 0.15) is 25.7 Å². The molecule has 0 saturated carbocycles. The van der Waals surface area contributed by atoms with Crippen molar-refractivity contribution in [2.24, 2.45) is 0 Å². The van der Waals surface area contributed by atoms with Crippen LogP contribution in [-0.2, 0) is 4.79 Å². The number of methoxy groups -OCH3 is 2. The summed E-state index contributed by atoms with van der Waals surface area (Å²) >= 11 is 2.99. The monoisotopic (exact) mass is 459 g/mol. The van der Waals surface area contributed by atoms with E-state index in [9.17, 15) is 4.79 Å². The van der Waals surface area contributed by atoms with Gasteiger partial charge in [-0.25, -0.2) is 9.97 Å². The second kappa shape index (κ2) is 10.1. The van der Waals surface area contributed by atoms with Gasteiger partial charge in [0.25, 0.3) is 0 Å². The molecule has 8 nitrogen and oxygen atoms in total. The Balaban J connectivity index is 1.44. The van der Waals surface area contributed by atoms with Gasteiger partial charge in [-0.3, -0.25) is 4.79 Å². The van der Waals surface area contributed by atoms with Crippen LogP contribution in [0.3, 0.4) is 0 Å². The Morgan fingerprint density at radius 2 is 1.97 bits per heavy atom. The maximum absolute atomic E-state index is 12.6. The number of amides is 1. The van der Waals surface area contributed by atoms with Crippen molar-refractivity contribution in [3.8, 4) is 11.5 Å². The van der Waals surface area contributed by atoms with Gasteiger partial charge in [0.2, 0.25) is 5.91 Å². The average molecular weight is 460 g/mol. The molecule has 0 unspecified atom stereocenters. The lowest BCUT2D eigenvalue weighted by Gasteiger charge is -2.18. The van der Waals surface area contributed by atoms with Gasteiger partial charge in [-0.2, -0.15) is 4.98 Å². The van der Waals surface area contributed by atoms with Gasteiger partial charge in [0, 0.05) is 19.2 Å². The van der Waals surface area contributed by atoms with Gasteiger partial charge in [-0.15, -0.1) is 0 Å². The maximum Gasteiger partial charge on any atom is 0.234 e. The third-order valence-corrected chi connectivity index (χ3v) is 7.28. The molecule has 1 aliphatic heterocycles. The largest absolute Gasteiger partial charge is 0.497 e. The number of carbonyl (C=O) groups excluding carboxylic acids is 1. The summed E-state index contributed by atoms with van der Waals surface area (Å²) in [5, 5.41) is 4.66. The van der Waals surface area contributed by atoms with Gasteiger partial charge in [0.05, 0.1) is 25.7 Å². The molecule has 0 aliphatic carbocycles. The molecule has 1 saturated heterocycles. The fourth-order valence-electron chi connectivity index (χ4n) is 3.44. The Morgan fingerprint density at radius 1 is 1.16 bits per heavy atom. The third-order valence-electron chi connectivity index (χ3n) is 5.05. The number of ether oxygens (including phenoxy) is 2. The van der Waals surface area contributed by atoms with E-state index in [4.69, 9.17) is 14.5 Å². The Hall–Kier alpha value is -2.59. The van der Waals surface area contributed by atoms with Gasteiger partial charge < -0.3 is 19.7 Å². The molecule has 2 aromatic heterocycles. The van der Waals surface area contributed by atoms with Crippen molar-refractivity contribution in [2.45, 2.75) is 30.7 Å². The van der Waals surface area contributed by atoms with E-state index in [2.05, 4.69) is 20.2 Å². The second-order valence-electron chi connectivity index (χ2n) is 7.13. The minimum absolute atomic E-state index is 0.141. The molecular formula is C21H25N5O3S2. The zero-order valence-electron chi connectivity index (χ0n) is 17.6. The Labute approximate surface area is 189 Å². The minimum atomic E-state index is -0.141. The fraction of sp³-hybridized carbons (Fsp3) is 0.429. The summed E-state index contributed by atoms with van der Waals surface area (Å²) in [7, 11) is 3.15. The molecule has 31 heavy (non-hydrogen) atoms. The lowest BCUT2D eigenvalue weighted by Crippen LogP contribution is -2.23. The van der Waals surface area contributed by atoms with Gasteiger partial charge in [0.1, 0.15) is 27.6 Å². The van der Waals surface area contributed by atoms with Gasteiger partial charge >= 0.3 is 0 Å². The highest BCUT2D eigenvalue weighted by Gasteiger charge is 2.18. The molecule has 0 radical (unpaired) electrons. The first-order valence-electron chi connectivity index (χ1n) is 10.2. The zero-order chi connectivity index (χ0) is 21.6. The molecule has 0 spiro atoms. The van der Waals surface area contributed by atoms with Crippen molar-refractivity contribution in [3.05, 3.63) is 24.5 Å². The molecule has 164 valence electrons. The van der Waals surface area contributed by atoms with E-state index in [1.165, 1.54) is 43.8 Å². The van der Waals surface area contributed by atoms with Gasteiger partial charge in [-0.05, 0) is 25.0 Å². The number of hydrogen-bond acceptors (Lipinski definition) is 9. The number of benzene rings is 1. The first-order chi connectivity index (χ1) is 15.2. The molecule has 1 N–H and O–H groups in total. The summed E-state index contributed by atoms with van der Waals surface area (Å²) in [4.78, 5) is 28.4. The van der Waals surface area contributed by atoms with Crippen LogP contribution in [0.4, 0.5) is 10.8 Å². The van der Waals surface area contributed by atoms with E-state index in [0.717, 1.165) is 27.9 Å². The quantitative estimate of drug-likeness (QED) is 0.415. The van der Waals surface area contributed by atoms with E-state index in [1.54, 1.807) is 43.8 Å². The van der Waals surface area contributed by atoms with E-state index < -0.39 is 0 Å². The molecule has 10 heteroatoms. The molecule has 3 heterocycles. The van der Waals surface area contributed by atoms with Crippen molar-refractivity contribution in [2.75, 3.05) is 43.3 Å². The maximum atomic E-state index is 12.6. The van der Waals surface area contributed by atoms with Crippen LogP contribution >= 0.6 is 23.1 Å². The second-order valence-corrected chi connectivity index (χ2v) is 9.07. The lowest BCUT2D eigenvalue weighted by molar-refractivity contribution is -0.113. The molecular weight excluding hydrogens is 434 g/mol. The van der Waals surface area contributed by atoms with Crippen LogP contribution in [0.25, 0.3) is 10.3 Å². The molecule has 1 fully saturated rings. The predicted octanol–water partition coefficient (Wildman–Crippen LogP) is 4.21. The zero-order valence-corrected chi connectivity index (χ0v) is 19.2. The molecule has 3 aromatic rings. The summed E-state index contributed by atoms with van der Waals surface area (Å²) in [6.45, 7) is 2.06. The Kier molecular flexibility index (Phi) is 7.08. The highest BCUT2D eigenvalue weighted by Crippen LogP contribution is 2.35. The van der Waals surface area contributed by atoms with Gasteiger partial charge in [0.15, 0.2) is 10.8 Å². The first kappa shape index (κ1) is 21.6. The summed E-state index contributed by atoms with van der Waals surface area (Å²) in [5.41, 5.74) is 1.29. The number of nitrogens with one attached hydrogen (secondary N) is 1. The van der Waals surface area contributed by atoms with Crippen LogP contribution in [-0.4, -0.2) is 53.9 Å². The highest BCUT2D eigenvalue weighted by atomic mass is 32.2. The number of fused-ring (bicyclic) bond motifs is 1. The topological polar surface area (TPSA) is 89.5 Å². The molecule has 1 aromatic carbocycles. The standard InChI is InChI=1S/C21H25N5O3S2/c1-28-14-7-8-15(16(11-14)29-2)24-17(27)12-30-20-18-19(22-13-23-20)25-21(31-18)26-9-5-3-4-6-10-26/h7-8,11,13H,3-6,9-10,12H2,1-2H3,(H,24,27). The third kappa shape index (κ3) is 5.19. The van der Waals surface area contributed by atoms with Crippen LogP contribution in [0.15, 0.2) is 29.6 Å². The van der Waals surface area contributed by atoms with Crippen LogP contribution in [0.5, 0.6) is 11.5 Å². The number of hydrogen-bond donors (Lipinski definition) is 1. The lowest BCUT2D eigenvalue weighted by atomic mass is 10.2. The van der Waals surface area contributed by atoms with Gasteiger partial charge in [-0.1, -0.05) is 35.9 Å². The van der Waals surface area contributed by atoms with Crippen molar-refractivity contribution in [3.63, 3.8) is 0 Å². The fourth-order valence-corrected chi connectivity index (χ4v) is 5.39. The van der Waals surface area contributed by atoms with Crippen molar-refractivity contribution >= 4 is 50.2 Å². The SMILES string of the molecule is COc1ccc(NC(=O)CSc2ncnc3nc(N4CCCCCC4)sc23)c(OC)c1. The van der Waals surface area contributed by atoms with E-state index >= 15 is 0 Å². The van der Waals surface area contributed by atoms with Crippen molar-refractivity contribution < 1.29 is 14.3 Å².